The lowest BCUT2D eigenvalue weighted by Crippen LogP contribution is -2.42. The number of nitrogens with zero attached hydrogens (tertiary/aromatic N) is 10. The van der Waals surface area contributed by atoms with Gasteiger partial charge < -0.3 is 135 Å². The van der Waals surface area contributed by atoms with Crippen LogP contribution in [-0.2, 0) is 173 Å². The largest absolute Gasteiger partial charge is 0.387 e. The van der Waals surface area contributed by atoms with E-state index < -0.39 is 259 Å². The van der Waals surface area contributed by atoms with Crippen molar-refractivity contribution in [2.75, 3.05) is 146 Å². The number of aromatic amines is 4. The highest BCUT2D eigenvalue weighted by Crippen LogP contribution is 2.60. The van der Waals surface area contributed by atoms with Crippen molar-refractivity contribution in [3.8, 4) is 0 Å². The molecular formula is C76H111N16O41P5S5. The first-order chi connectivity index (χ1) is 67.8. The molecular weight excluding hydrogens is 2110 g/mol. The van der Waals surface area contributed by atoms with E-state index in [2.05, 4.69) is 52.1 Å². The maximum Gasteiger partial charge on any atom is 0.386 e. The predicted molar refractivity (Wildman–Crippen MR) is 511 cm³/mol. The van der Waals surface area contributed by atoms with E-state index in [4.69, 9.17) is 180 Å². The highest BCUT2D eigenvalue weighted by molar-refractivity contribution is 8.44. The minimum Gasteiger partial charge on any atom is -0.387 e. The molecule has 6 aliphatic rings. The Balaban J connectivity index is 0.797. The lowest BCUT2D eigenvalue weighted by molar-refractivity contribution is -0.0837. The molecule has 28 atom stereocenters. The lowest BCUT2D eigenvalue weighted by atomic mass is 10.1. The summed E-state index contributed by atoms with van der Waals surface area (Å²) in [4.78, 5) is 195. The van der Waals surface area contributed by atoms with E-state index in [1.54, 1.807) is 13.8 Å². The minimum absolute atomic E-state index is 0.00107. The van der Waals surface area contributed by atoms with E-state index in [-0.39, 0.29) is 124 Å². The molecule has 0 saturated carbocycles. The predicted octanol–water partition coefficient (Wildman–Crippen LogP) is -1.39. The first-order valence-electron chi connectivity index (χ1n) is 43.8. The van der Waals surface area contributed by atoms with Crippen molar-refractivity contribution in [1.29, 1.82) is 0 Å². The third kappa shape index (κ3) is 27.9. The summed E-state index contributed by atoms with van der Waals surface area (Å²) in [5.41, 5.74) is 4.78. The molecule has 13 N–H and O–H groups in total. The van der Waals surface area contributed by atoms with Gasteiger partial charge in [0.15, 0.2) is 42.6 Å². The topological polar surface area (TPSA) is 708 Å². The number of imidazole rings is 1. The van der Waals surface area contributed by atoms with Crippen LogP contribution in [0.1, 0.15) is 85.0 Å². The van der Waals surface area contributed by atoms with Crippen LogP contribution in [0.3, 0.4) is 0 Å². The van der Waals surface area contributed by atoms with Crippen LogP contribution < -0.4 is 62.2 Å². The third-order valence-electron chi connectivity index (χ3n) is 23.1. The molecule has 0 amide bonds. The van der Waals surface area contributed by atoms with Crippen LogP contribution >= 0.6 is 45.9 Å². The molecule has 57 nitrogen and oxygen atoms in total. The van der Waals surface area contributed by atoms with E-state index in [9.17, 15) is 67.8 Å². The molecule has 0 aliphatic carbocycles. The van der Waals surface area contributed by atoms with Gasteiger partial charge in [0, 0.05) is 101 Å². The minimum atomic E-state index is -5.13. The number of hydrogen-bond acceptors (Lipinski definition) is 47. The van der Waals surface area contributed by atoms with Gasteiger partial charge in [0.2, 0.25) is 0 Å². The molecule has 0 spiro atoms. The molecule has 7 aromatic rings. The Morgan fingerprint density at radius 1 is 0.406 bits per heavy atom. The molecule has 0 bridgehead atoms. The maximum absolute atomic E-state index is 15.5. The van der Waals surface area contributed by atoms with Gasteiger partial charge in [-0.15, -0.1) is 0 Å². The standard InChI is InChI=1S/C76H111N16O41P5S5/c1-12-41-42(23-48(123-41)87-24-36(2)60(77)82-72(87)98)129-134(103,139)119-30-44-51(56(114-19-14-109-8)68(125-44)89-26-38(4)64(95)84-74(89)100)130-136(105,141)120-31-45-52(57(115-20-15-110-9)69(126-45)90-27-39(5)65(96)85-75(90)101)131-137(106,142)121-32-46-53(58(116-21-16-111-10)70(127-46)91-28-40(6)66(97)86-76(91)102)132-138(107,143)122-33-47-54(59(117-22-17-112-11)71(128-47)92-35-81-49-61(78)79-34-80-62(49)92)133-135(104,140)118-29-43-50(93)55(113-18-13-108-7)67(124-43)88-25-37(3)63(94)83-73(88)99/h24-28,34-35,41-48,50-59,67-71,93H,12-23,29-33H2,1-11H3,(H,103,139)(H,104,140)(H,105,141)(H,106,142)(H,107,143)(H2,77,82,98)(H2,78,79,80)(H,83,94,99)(H,84,95,100)(H,85,96,101)(H,86,97,102)/t41-,42?,43-,44-,45-,46-,47-,48-,50?,51?,52?,53?,54?,55+,56+,57+,58+,59+,67-,68-,69-,70-,71-,134?,135?,136?,137?,138?/m1/s1. The number of fused-ring (bicyclic) bond motifs is 1. The molecule has 7 aromatic heterocycles. The fourth-order valence-corrected chi connectivity index (χ4v) is 23.4. The van der Waals surface area contributed by atoms with Gasteiger partial charge in [0.25, 0.3) is 22.2 Å². The van der Waals surface area contributed by atoms with Crippen molar-refractivity contribution in [1.82, 2.24) is 67.3 Å². The van der Waals surface area contributed by atoms with Crippen LogP contribution in [0.2, 0.25) is 0 Å². The van der Waals surface area contributed by atoms with Crippen molar-refractivity contribution in [2.45, 2.75) is 196 Å². The first kappa shape index (κ1) is 114. The molecule has 13 heterocycles. The Labute approximate surface area is 835 Å². The van der Waals surface area contributed by atoms with Crippen LogP contribution in [0.25, 0.3) is 11.2 Å². The molecule has 143 heavy (non-hydrogen) atoms. The molecule has 6 aliphatic heterocycles. The molecule has 0 aromatic carbocycles. The number of aromatic nitrogens is 14. The zero-order valence-electron chi connectivity index (χ0n) is 78.2. The first-order valence-corrected chi connectivity index (χ1v) is 56.9. The molecule has 11 unspecified atom stereocenters. The fourth-order valence-electron chi connectivity index (χ4n) is 16.1. The highest BCUT2D eigenvalue weighted by Gasteiger charge is 2.58. The van der Waals surface area contributed by atoms with Gasteiger partial charge in [-0.2, -0.15) is 4.98 Å². The number of nitrogens with two attached hydrogens (primary N) is 2. The second kappa shape index (κ2) is 49.6. The quantitative estimate of drug-likeness (QED) is 0.0119. The fraction of sp³-hybridized carbons (Fsp3) is 0.671. The summed E-state index contributed by atoms with van der Waals surface area (Å²) in [7, 11) is 6.77. The van der Waals surface area contributed by atoms with Crippen LogP contribution in [0.4, 0.5) is 11.6 Å². The van der Waals surface area contributed by atoms with E-state index in [0.29, 0.717) is 5.56 Å². The molecule has 796 valence electrons. The lowest BCUT2D eigenvalue weighted by Gasteiger charge is -2.31. The summed E-state index contributed by atoms with van der Waals surface area (Å²) in [5.74, 6) is -0.0664. The van der Waals surface area contributed by atoms with Crippen LogP contribution in [0.5, 0.6) is 0 Å². The van der Waals surface area contributed by atoms with Crippen LogP contribution in [-0.4, -0.2) is 330 Å². The number of rotatable bonds is 52. The Bertz CT molecular complexity index is 6440. The van der Waals surface area contributed by atoms with Gasteiger partial charge in [0.1, 0.15) is 115 Å². The normalized spacial score (nSPS) is 29.4. The maximum atomic E-state index is 15.5. The van der Waals surface area contributed by atoms with Crippen molar-refractivity contribution >= 4 is 116 Å². The number of nitrogen functional groups attached to an aromatic ring is 2. The average molecular weight is 2220 g/mol. The van der Waals surface area contributed by atoms with Crippen LogP contribution in [0.15, 0.2) is 86.8 Å². The number of ether oxygens (including phenoxy) is 16. The number of aryl methyl sites for hydroxylation is 5. The van der Waals surface area contributed by atoms with Gasteiger partial charge in [-0.25, -0.2) is 43.5 Å². The van der Waals surface area contributed by atoms with Crippen LogP contribution in [0, 0.1) is 34.6 Å². The third-order valence-corrected chi connectivity index (χ3v) is 31.0. The molecule has 67 heteroatoms. The number of anilines is 2. The number of H-pyrrole nitrogens is 4. The zero-order chi connectivity index (χ0) is 104. The number of hydrogen-bond donors (Lipinski definition) is 12. The number of aliphatic hydroxyl groups is 1. The highest BCUT2D eigenvalue weighted by atomic mass is 32.7. The number of aliphatic hydroxyl groups excluding tert-OH is 1. The number of thiol groups is 1. The smallest absolute Gasteiger partial charge is 0.386 e. The van der Waals surface area contributed by atoms with Crippen molar-refractivity contribution in [3.05, 3.63) is 165 Å². The summed E-state index contributed by atoms with van der Waals surface area (Å²) in [5, 5.41) is 11.8. The Hall–Kier alpha value is -6.31. The van der Waals surface area contributed by atoms with Gasteiger partial charge >= 0.3 is 62.1 Å². The van der Waals surface area contributed by atoms with Gasteiger partial charge in [-0.1, -0.05) is 19.2 Å². The molecule has 6 saturated heterocycles. The van der Waals surface area contributed by atoms with E-state index in [0.717, 1.165) is 43.2 Å². The second-order valence-electron chi connectivity index (χ2n) is 33.0. The zero-order valence-corrected chi connectivity index (χ0v) is 86.8. The number of nitrogens with one attached hydrogen (secondary N) is 4. The Kier molecular flexibility index (Phi) is 39.5. The summed E-state index contributed by atoms with van der Waals surface area (Å²) in [6, 6.07) is 0. The van der Waals surface area contributed by atoms with E-state index in [1.165, 1.54) is 91.1 Å². The Morgan fingerprint density at radius 2 is 0.727 bits per heavy atom. The Morgan fingerprint density at radius 3 is 1.10 bits per heavy atom. The molecule has 13 rings (SSSR count). The summed E-state index contributed by atoms with van der Waals surface area (Å²) >= 11 is 27.4. The number of methoxy groups -OCH3 is 5. The van der Waals surface area contributed by atoms with Crippen molar-refractivity contribution in [2.24, 2.45) is 0 Å². The average Bonchev–Trinajstić information content (AvgIpc) is 1.62. The van der Waals surface area contributed by atoms with Gasteiger partial charge in [0.05, 0.1) is 118 Å². The van der Waals surface area contributed by atoms with E-state index >= 15 is 4.57 Å². The van der Waals surface area contributed by atoms with Crippen molar-refractivity contribution < 1.29 is 150 Å². The van der Waals surface area contributed by atoms with E-state index in [1.807, 2.05) is 0 Å². The summed E-state index contributed by atoms with van der Waals surface area (Å²) in [6.45, 7) is -22.1. The van der Waals surface area contributed by atoms with Gasteiger partial charge in [-0.3, -0.25) is 89.1 Å². The van der Waals surface area contributed by atoms with Gasteiger partial charge in [-0.05, 0) is 88.3 Å². The molecule has 0 radical (unpaired) electrons. The second-order valence-corrected chi connectivity index (χ2v) is 47.0. The van der Waals surface area contributed by atoms with Crippen molar-refractivity contribution in [3.63, 3.8) is 0 Å². The summed E-state index contributed by atoms with van der Waals surface area (Å²) in [6.07, 6.45) is -27.1. The summed E-state index contributed by atoms with van der Waals surface area (Å²) < 4.78 is 180. The SMILES string of the molecule is CC[C@H]1O[C@@H](n2cc(C)c(N)nc2=O)CC1OP(O)(=S)OC[C@H]1O[C@@H](n2cc(C)c(=O)[nH]c2=O)[C@@H](OCCOC)C1OP(=O)(S)OC[C@H]1O[C@@H](n2cc(C)c(=O)[nH]c2=O)[C@@H](OCCOC)C1OP(O)(=S)OC[C@H]1O[C@@H](n2cc(C)c(=O)[nH]c2=O)[C@@H](OCCOC)C1OP(O)(=S)OC[C@H]1O[C@@H](n2cnc3c(N)ncnc32)[C@@H](OCCOC)C1OP(O)(=S)OC[C@H]1O[C@@H](n2cc(C)c(=O)[nH]c2=O)[C@@H](OCCOC)C1O. The monoisotopic (exact) mass is 2220 g/mol. The molecule has 6 fully saturated rings.